The van der Waals surface area contributed by atoms with Crippen LogP contribution in [-0.2, 0) is 5.41 Å². The average Bonchev–Trinajstić information content (AvgIpc) is 3.20. The summed E-state index contributed by atoms with van der Waals surface area (Å²) in [7, 11) is 0. The van der Waals surface area contributed by atoms with Gasteiger partial charge in [-0.2, -0.15) is 0 Å². The van der Waals surface area contributed by atoms with Crippen LogP contribution in [-0.4, -0.2) is 9.97 Å². The predicted molar refractivity (Wildman–Crippen MR) is 95.7 cm³/mol. The Labute approximate surface area is 141 Å². The zero-order chi connectivity index (χ0) is 16.2. The Morgan fingerprint density at radius 1 is 0.625 bits per heavy atom. The van der Waals surface area contributed by atoms with Gasteiger partial charge >= 0.3 is 0 Å². The molecule has 1 aromatic heterocycles. The van der Waals surface area contributed by atoms with Crippen molar-refractivity contribution in [3.63, 3.8) is 0 Å². The summed E-state index contributed by atoms with van der Waals surface area (Å²) in [5, 5.41) is 0. The number of hydrogen-bond acceptors (Lipinski definition) is 1. The molecule has 0 fully saturated rings. The first-order valence-electron chi connectivity index (χ1n) is 8.01. The van der Waals surface area contributed by atoms with E-state index in [1.807, 2.05) is 24.4 Å². The number of benzene rings is 3. The summed E-state index contributed by atoms with van der Waals surface area (Å²) in [6.07, 6.45) is 4.81. The highest BCUT2D eigenvalue weighted by molar-refractivity contribution is 5.57. The van der Waals surface area contributed by atoms with Crippen LogP contribution in [0.2, 0.25) is 0 Å². The number of hydrogen-bond donors (Lipinski definition) is 1. The molecule has 0 saturated carbocycles. The molecule has 0 aliphatic rings. The minimum absolute atomic E-state index is 0.472. The summed E-state index contributed by atoms with van der Waals surface area (Å²) < 4.78 is 0. The van der Waals surface area contributed by atoms with Gasteiger partial charge in [-0.1, -0.05) is 91.0 Å². The zero-order valence-electron chi connectivity index (χ0n) is 13.2. The SMILES string of the molecule is [c]1nc(C(c2ccccc2)(c2ccccc2)c2ccccc2)c[nH]1. The van der Waals surface area contributed by atoms with Crippen molar-refractivity contribution in [2.24, 2.45) is 0 Å². The second-order valence-electron chi connectivity index (χ2n) is 5.75. The summed E-state index contributed by atoms with van der Waals surface area (Å²) in [6.45, 7) is 0. The van der Waals surface area contributed by atoms with Crippen molar-refractivity contribution in [3.8, 4) is 0 Å². The Bertz CT molecular complexity index is 786. The molecule has 0 unspecified atom stereocenters. The molecule has 0 atom stereocenters. The monoisotopic (exact) mass is 309 g/mol. The molecule has 0 spiro atoms. The molecular formula is C22H17N2. The molecule has 0 saturated heterocycles. The second-order valence-corrected chi connectivity index (χ2v) is 5.75. The van der Waals surface area contributed by atoms with Gasteiger partial charge in [0.2, 0.25) is 0 Å². The van der Waals surface area contributed by atoms with Crippen LogP contribution >= 0.6 is 0 Å². The van der Waals surface area contributed by atoms with Crippen molar-refractivity contribution < 1.29 is 0 Å². The number of rotatable bonds is 4. The Balaban J connectivity index is 2.12. The standard InChI is InChI=1S/C22H17N2/c1-4-10-18(11-5-1)22(21-16-23-17-24-21,19-12-6-2-7-13-19)20-14-8-3-9-15-20/h1-16H,(H,23,24). The van der Waals surface area contributed by atoms with Gasteiger partial charge in [-0.15, -0.1) is 0 Å². The van der Waals surface area contributed by atoms with Gasteiger partial charge < -0.3 is 4.98 Å². The van der Waals surface area contributed by atoms with Crippen molar-refractivity contribution in [1.29, 1.82) is 0 Å². The highest BCUT2D eigenvalue weighted by Crippen LogP contribution is 2.43. The van der Waals surface area contributed by atoms with Crippen molar-refractivity contribution in [1.82, 2.24) is 9.97 Å². The number of aromatic amines is 1. The third kappa shape index (κ3) is 2.24. The second kappa shape index (κ2) is 6.17. The largest absolute Gasteiger partial charge is 0.342 e. The van der Waals surface area contributed by atoms with Crippen LogP contribution in [0.1, 0.15) is 22.4 Å². The number of aromatic nitrogens is 2. The topological polar surface area (TPSA) is 28.7 Å². The van der Waals surface area contributed by atoms with E-state index < -0.39 is 5.41 Å². The van der Waals surface area contributed by atoms with E-state index in [0.717, 1.165) is 5.69 Å². The summed E-state index contributed by atoms with van der Waals surface area (Å²) in [6, 6.07) is 31.6. The maximum Gasteiger partial charge on any atom is 0.173 e. The van der Waals surface area contributed by atoms with E-state index in [4.69, 9.17) is 0 Å². The lowest BCUT2D eigenvalue weighted by molar-refractivity contribution is 0.720. The smallest absolute Gasteiger partial charge is 0.173 e. The van der Waals surface area contributed by atoms with Crippen LogP contribution in [0.25, 0.3) is 0 Å². The fourth-order valence-corrected chi connectivity index (χ4v) is 3.43. The maximum atomic E-state index is 4.54. The number of H-pyrrole nitrogens is 1. The molecule has 2 heteroatoms. The van der Waals surface area contributed by atoms with E-state index in [0.29, 0.717) is 0 Å². The van der Waals surface area contributed by atoms with Crippen LogP contribution in [0.3, 0.4) is 0 Å². The normalized spacial score (nSPS) is 11.3. The maximum absolute atomic E-state index is 4.54. The molecule has 0 bridgehead atoms. The van der Waals surface area contributed by atoms with E-state index >= 15 is 0 Å². The van der Waals surface area contributed by atoms with Gasteiger partial charge in [0, 0.05) is 6.20 Å². The Morgan fingerprint density at radius 2 is 1.04 bits per heavy atom. The molecule has 4 aromatic rings. The third-order valence-electron chi connectivity index (χ3n) is 4.45. The van der Waals surface area contributed by atoms with Gasteiger partial charge in [0.15, 0.2) is 6.33 Å². The Kier molecular flexibility index (Phi) is 3.72. The van der Waals surface area contributed by atoms with Gasteiger partial charge in [-0.05, 0) is 16.7 Å². The number of nitrogens with zero attached hydrogens (tertiary/aromatic N) is 1. The fraction of sp³-hybridized carbons (Fsp3) is 0.0455. The third-order valence-corrected chi connectivity index (χ3v) is 4.45. The average molecular weight is 309 g/mol. The molecule has 1 radical (unpaired) electrons. The molecule has 0 amide bonds. The Hall–Kier alpha value is -3.13. The van der Waals surface area contributed by atoms with Gasteiger partial charge in [0.05, 0.1) is 11.1 Å². The summed E-state index contributed by atoms with van der Waals surface area (Å²) in [5.41, 5.74) is 4.01. The summed E-state index contributed by atoms with van der Waals surface area (Å²) >= 11 is 0. The molecule has 115 valence electrons. The van der Waals surface area contributed by atoms with Gasteiger partial charge in [-0.3, -0.25) is 0 Å². The van der Waals surface area contributed by atoms with Crippen molar-refractivity contribution in [3.05, 3.63) is 126 Å². The first-order valence-corrected chi connectivity index (χ1v) is 8.01. The van der Waals surface area contributed by atoms with Crippen LogP contribution < -0.4 is 0 Å². The van der Waals surface area contributed by atoms with E-state index in [2.05, 4.69) is 89.1 Å². The lowest BCUT2D eigenvalue weighted by atomic mass is 9.67. The molecule has 1 N–H and O–H groups in total. The molecule has 24 heavy (non-hydrogen) atoms. The van der Waals surface area contributed by atoms with Gasteiger partial charge in [0.1, 0.15) is 0 Å². The minimum Gasteiger partial charge on any atom is -0.342 e. The number of imidazole rings is 1. The highest BCUT2D eigenvalue weighted by Gasteiger charge is 2.39. The lowest BCUT2D eigenvalue weighted by Gasteiger charge is -2.34. The van der Waals surface area contributed by atoms with Crippen LogP contribution in [0.15, 0.2) is 97.2 Å². The quantitative estimate of drug-likeness (QED) is 0.549. The van der Waals surface area contributed by atoms with E-state index in [1.54, 1.807) is 0 Å². The molecule has 3 aromatic carbocycles. The van der Waals surface area contributed by atoms with Crippen molar-refractivity contribution in [2.75, 3.05) is 0 Å². The summed E-state index contributed by atoms with van der Waals surface area (Å²) in [4.78, 5) is 7.55. The van der Waals surface area contributed by atoms with Crippen LogP contribution in [0.5, 0.6) is 0 Å². The van der Waals surface area contributed by atoms with Crippen molar-refractivity contribution in [2.45, 2.75) is 5.41 Å². The van der Waals surface area contributed by atoms with E-state index in [9.17, 15) is 0 Å². The molecule has 4 rings (SSSR count). The lowest BCUT2D eigenvalue weighted by Crippen LogP contribution is -2.31. The Morgan fingerprint density at radius 3 is 1.38 bits per heavy atom. The molecule has 1 heterocycles. The van der Waals surface area contributed by atoms with Gasteiger partial charge in [0.25, 0.3) is 0 Å². The van der Waals surface area contributed by atoms with Crippen LogP contribution in [0, 0.1) is 6.33 Å². The van der Waals surface area contributed by atoms with Crippen molar-refractivity contribution >= 4 is 0 Å². The molecular weight excluding hydrogens is 292 g/mol. The minimum atomic E-state index is -0.472. The van der Waals surface area contributed by atoms with E-state index in [1.165, 1.54) is 16.7 Å². The zero-order valence-corrected chi connectivity index (χ0v) is 13.2. The molecule has 2 nitrogen and oxygen atoms in total. The van der Waals surface area contributed by atoms with E-state index in [-0.39, 0.29) is 0 Å². The fourth-order valence-electron chi connectivity index (χ4n) is 3.43. The molecule has 0 aliphatic heterocycles. The van der Waals surface area contributed by atoms with Gasteiger partial charge in [-0.25, -0.2) is 4.98 Å². The first kappa shape index (κ1) is 14.5. The number of nitrogens with one attached hydrogen (secondary N) is 1. The van der Waals surface area contributed by atoms with Crippen LogP contribution in [0.4, 0.5) is 0 Å². The molecule has 0 aliphatic carbocycles. The first-order chi connectivity index (χ1) is 11.9. The summed E-state index contributed by atoms with van der Waals surface area (Å²) in [5.74, 6) is 0. The predicted octanol–water partition coefficient (Wildman–Crippen LogP) is 4.59. The highest BCUT2D eigenvalue weighted by atomic mass is 14.9.